The van der Waals surface area contributed by atoms with Crippen LogP contribution in [0.1, 0.15) is 42.6 Å². The molecule has 1 aromatic carbocycles. The molecular weight excluding hydrogens is 309 g/mol. The minimum atomic E-state index is -4.59. The summed E-state index contributed by atoms with van der Waals surface area (Å²) in [6.07, 6.45) is -3.15. The number of hydrogen-bond donors (Lipinski definition) is 2. The van der Waals surface area contributed by atoms with E-state index in [4.69, 9.17) is 0 Å². The van der Waals surface area contributed by atoms with E-state index >= 15 is 0 Å². The van der Waals surface area contributed by atoms with E-state index in [-0.39, 0.29) is 24.9 Å². The summed E-state index contributed by atoms with van der Waals surface area (Å²) in [6, 6.07) is 4.60. The Balaban J connectivity index is 2.54. The third-order valence-corrected chi connectivity index (χ3v) is 3.54. The van der Waals surface area contributed by atoms with Crippen LogP contribution < -0.4 is 10.6 Å². The van der Waals surface area contributed by atoms with Gasteiger partial charge < -0.3 is 10.6 Å². The van der Waals surface area contributed by atoms with Crippen LogP contribution in [0.3, 0.4) is 0 Å². The maximum absolute atomic E-state index is 12.8. The first-order valence-corrected chi connectivity index (χ1v) is 7.53. The van der Waals surface area contributed by atoms with E-state index in [0.29, 0.717) is 12.8 Å². The average molecular weight is 330 g/mol. The number of carbonyl (C=O) groups excluding carboxylic acids is 2. The monoisotopic (exact) mass is 330 g/mol. The first-order valence-electron chi connectivity index (χ1n) is 7.53. The standard InChI is InChI=1S/C16H21F3N2O2/c1-3-11(4-2)14(22)20-9-10-21-15(23)12-7-5-6-8-13(12)16(17,18)19/h5-8,11H,3-4,9-10H2,1-2H3,(H,20,22)(H,21,23). The van der Waals surface area contributed by atoms with E-state index in [2.05, 4.69) is 10.6 Å². The molecule has 0 unspecified atom stereocenters. The van der Waals surface area contributed by atoms with Gasteiger partial charge in [-0.05, 0) is 25.0 Å². The highest BCUT2D eigenvalue weighted by molar-refractivity contribution is 5.95. The lowest BCUT2D eigenvalue weighted by atomic mass is 10.0. The molecule has 4 nitrogen and oxygen atoms in total. The molecule has 0 heterocycles. The van der Waals surface area contributed by atoms with Crippen molar-refractivity contribution in [1.29, 1.82) is 0 Å². The number of nitrogens with one attached hydrogen (secondary N) is 2. The van der Waals surface area contributed by atoms with Gasteiger partial charge in [0, 0.05) is 19.0 Å². The molecule has 0 aromatic heterocycles. The lowest BCUT2D eigenvalue weighted by Gasteiger charge is -2.14. The lowest BCUT2D eigenvalue weighted by Crippen LogP contribution is -2.37. The fourth-order valence-electron chi connectivity index (χ4n) is 2.19. The van der Waals surface area contributed by atoms with Gasteiger partial charge in [-0.2, -0.15) is 13.2 Å². The van der Waals surface area contributed by atoms with Gasteiger partial charge in [-0.1, -0.05) is 26.0 Å². The maximum Gasteiger partial charge on any atom is 0.417 e. The Morgan fingerprint density at radius 3 is 2.17 bits per heavy atom. The van der Waals surface area contributed by atoms with E-state index in [1.165, 1.54) is 12.1 Å². The summed E-state index contributed by atoms with van der Waals surface area (Å²) in [6.45, 7) is 4.05. The molecule has 0 fully saturated rings. The molecule has 0 aliphatic carbocycles. The zero-order valence-electron chi connectivity index (χ0n) is 13.2. The van der Waals surface area contributed by atoms with Gasteiger partial charge in [0.05, 0.1) is 11.1 Å². The van der Waals surface area contributed by atoms with Crippen LogP contribution in [0, 0.1) is 5.92 Å². The zero-order chi connectivity index (χ0) is 17.5. The van der Waals surface area contributed by atoms with Gasteiger partial charge in [0.25, 0.3) is 5.91 Å². The van der Waals surface area contributed by atoms with Crippen molar-refractivity contribution < 1.29 is 22.8 Å². The Kier molecular flexibility index (Phi) is 7.06. The van der Waals surface area contributed by atoms with Crippen molar-refractivity contribution in [2.45, 2.75) is 32.9 Å². The second-order valence-electron chi connectivity index (χ2n) is 5.10. The highest BCUT2D eigenvalue weighted by atomic mass is 19.4. The van der Waals surface area contributed by atoms with E-state index in [1.54, 1.807) is 0 Å². The molecule has 1 rings (SSSR count). The number of benzene rings is 1. The van der Waals surface area contributed by atoms with Crippen LogP contribution in [-0.4, -0.2) is 24.9 Å². The first-order chi connectivity index (χ1) is 10.8. The van der Waals surface area contributed by atoms with E-state index in [0.717, 1.165) is 12.1 Å². The summed E-state index contributed by atoms with van der Waals surface area (Å²) in [5, 5.41) is 5.05. The zero-order valence-corrected chi connectivity index (χ0v) is 13.2. The van der Waals surface area contributed by atoms with Crippen molar-refractivity contribution in [2.75, 3.05) is 13.1 Å². The third kappa shape index (κ3) is 5.58. The van der Waals surface area contributed by atoms with Crippen LogP contribution in [0.25, 0.3) is 0 Å². The summed E-state index contributed by atoms with van der Waals surface area (Å²) >= 11 is 0. The number of amides is 2. The summed E-state index contributed by atoms with van der Waals surface area (Å²) in [4.78, 5) is 23.6. The Morgan fingerprint density at radius 2 is 1.61 bits per heavy atom. The summed E-state index contributed by atoms with van der Waals surface area (Å²) in [5.74, 6) is -1.01. The van der Waals surface area contributed by atoms with Crippen LogP contribution in [0.5, 0.6) is 0 Å². The van der Waals surface area contributed by atoms with Crippen molar-refractivity contribution >= 4 is 11.8 Å². The van der Waals surface area contributed by atoms with Crippen molar-refractivity contribution in [3.8, 4) is 0 Å². The Labute approximate surface area is 133 Å². The van der Waals surface area contributed by atoms with Gasteiger partial charge in [-0.25, -0.2) is 0 Å². The third-order valence-electron chi connectivity index (χ3n) is 3.54. The van der Waals surface area contributed by atoms with Gasteiger partial charge in [-0.3, -0.25) is 9.59 Å². The number of hydrogen-bond acceptors (Lipinski definition) is 2. The van der Waals surface area contributed by atoms with E-state index in [1.807, 2.05) is 13.8 Å². The highest BCUT2D eigenvalue weighted by Gasteiger charge is 2.34. The molecule has 0 spiro atoms. The first kappa shape index (κ1) is 19.0. The Morgan fingerprint density at radius 1 is 1.04 bits per heavy atom. The maximum atomic E-state index is 12.8. The molecular formula is C16H21F3N2O2. The van der Waals surface area contributed by atoms with Gasteiger partial charge in [0.1, 0.15) is 0 Å². The average Bonchev–Trinajstić information content (AvgIpc) is 2.51. The highest BCUT2D eigenvalue weighted by Crippen LogP contribution is 2.31. The Bertz CT molecular complexity index is 540. The van der Waals surface area contributed by atoms with Crippen molar-refractivity contribution in [2.24, 2.45) is 5.92 Å². The Hall–Kier alpha value is -2.05. The van der Waals surface area contributed by atoms with Gasteiger partial charge in [0.2, 0.25) is 5.91 Å². The molecule has 0 saturated carbocycles. The smallest absolute Gasteiger partial charge is 0.354 e. The van der Waals surface area contributed by atoms with Crippen LogP contribution >= 0.6 is 0 Å². The quantitative estimate of drug-likeness (QED) is 0.755. The molecule has 23 heavy (non-hydrogen) atoms. The second kappa shape index (κ2) is 8.55. The number of halogens is 3. The SMILES string of the molecule is CCC(CC)C(=O)NCCNC(=O)c1ccccc1C(F)(F)F. The second-order valence-corrected chi connectivity index (χ2v) is 5.10. The molecule has 0 aliphatic heterocycles. The molecule has 7 heteroatoms. The number of carbonyl (C=O) groups is 2. The van der Waals surface area contributed by atoms with Gasteiger partial charge in [0.15, 0.2) is 0 Å². The molecule has 0 aliphatic rings. The molecule has 0 radical (unpaired) electrons. The molecule has 1 aromatic rings. The number of rotatable bonds is 7. The molecule has 2 N–H and O–H groups in total. The van der Waals surface area contributed by atoms with Gasteiger partial charge >= 0.3 is 6.18 Å². The summed E-state index contributed by atoms with van der Waals surface area (Å²) < 4.78 is 38.5. The van der Waals surface area contributed by atoms with E-state index < -0.39 is 23.2 Å². The normalized spacial score (nSPS) is 11.4. The summed E-state index contributed by atoms with van der Waals surface area (Å²) in [7, 11) is 0. The van der Waals surface area contributed by atoms with Crippen LogP contribution in [0.2, 0.25) is 0 Å². The van der Waals surface area contributed by atoms with Crippen molar-refractivity contribution in [1.82, 2.24) is 10.6 Å². The molecule has 128 valence electrons. The fraction of sp³-hybridized carbons (Fsp3) is 0.500. The largest absolute Gasteiger partial charge is 0.417 e. The predicted octanol–water partition coefficient (Wildman–Crippen LogP) is 2.99. The van der Waals surface area contributed by atoms with E-state index in [9.17, 15) is 22.8 Å². The molecule has 0 atom stereocenters. The predicted molar refractivity (Wildman–Crippen MR) is 80.9 cm³/mol. The molecule has 0 bridgehead atoms. The minimum Gasteiger partial charge on any atom is -0.354 e. The van der Waals surface area contributed by atoms with Crippen molar-refractivity contribution in [3.63, 3.8) is 0 Å². The minimum absolute atomic E-state index is 0.0664. The van der Waals surface area contributed by atoms with Crippen LogP contribution in [0.15, 0.2) is 24.3 Å². The molecule has 0 saturated heterocycles. The number of alkyl halides is 3. The van der Waals surface area contributed by atoms with Gasteiger partial charge in [-0.15, -0.1) is 0 Å². The lowest BCUT2D eigenvalue weighted by molar-refractivity contribution is -0.138. The molecule has 2 amide bonds. The van der Waals surface area contributed by atoms with Crippen molar-refractivity contribution in [3.05, 3.63) is 35.4 Å². The topological polar surface area (TPSA) is 58.2 Å². The van der Waals surface area contributed by atoms with Crippen LogP contribution in [0.4, 0.5) is 13.2 Å². The van der Waals surface area contributed by atoms with Crippen LogP contribution in [-0.2, 0) is 11.0 Å². The fourth-order valence-corrected chi connectivity index (χ4v) is 2.19. The summed E-state index contributed by atoms with van der Waals surface area (Å²) in [5.41, 5.74) is -1.40.